The van der Waals surface area contributed by atoms with Crippen LogP contribution in [0.15, 0.2) is 109 Å². The molecule has 1 aliphatic rings. The molecule has 0 bridgehead atoms. The molecule has 6 rings (SSSR count). The van der Waals surface area contributed by atoms with E-state index in [9.17, 15) is 22.8 Å². The molecular weight excluding hydrogens is 616 g/mol. The Hall–Kier alpha value is -5.47. The van der Waals surface area contributed by atoms with E-state index >= 15 is 0 Å². The Bertz CT molecular complexity index is 1990. The number of hydrogen-bond acceptors (Lipinski definition) is 12. The van der Waals surface area contributed by atoms with E-state index in [1.165, 1.54) is 10.9 Å². The summed E-state index contributed by atoms with van der Waals surface area (Å²) in [5.74, 6) is -2.15. The van der Waals surface area contributed by atoms with E-state index in [4.69, 9.17) is 18.9 Å². The van der Waals surface area contributed by atoms with Crippen LogP contribution in [0.5, 0.6) is 0 Å². The maximum atomic E-state index is 13.4. The second kappa shape index (κ2) is 12.9. The van der Waals surface area contributed by atoms with Crippen molar-refractivity contribution in [3.8, 4) is 0 Å². The van der Waals surface area contributed by atoms with Gasteiger partial charge in [-0.05, 0) is 36.4 Å². The number of ether oxygens (including phenoxy) is 4. The summed E-state index contributed by atoms with van der Waals surface area (Å²) in [7, 11) is -3.80. The first-order chi connectivity index (χ1) is 22.2. The largest absolute Gasteiger partial charge is 0.459 e. The molecule has 2 aromatic heterocycles. The van der Waals surface area contributed by atoms with Crippen LogP contribution in [0.1, 0.15) is 37.3 Å². The molecule has 1 aliphatic heterocycles. The first-order valence-electron chi connectivity index (χ1n) is 14.0. The highest BCUT2D eigenvalue weighted by atomic mass is 32.2. The number of rotatable bonds is 9. The summed E-state index contributed by atoms with van der Waals surface area (Å²) in [5, 5.41) is -0.313. The van der Waals surface area contributed by atoms with Gasteiger partial charge in [0.1, 0.15) is 24.6 Å². The Morgan fingerprint density at radius 2 is 1.26 bits per heavy atom. The van der Waals surface area contributed by atoms with Gasteiger partial charge in [0.25, 0.3) is 0 Å². The molecule has 0 saturated carbocycles. The molecule has 0 amide bonds. The van der Waals surface area contributed by atoms with Crippen molar-refractivity contribution in [2.45, 2.75) is 29.6 Å². The van der Waals surface area contributed by atoms with Crippen LogP contribution in [-0.4, -0.2) is 77.0 Å². The van der Waals surface area contributed by atoms with Gasteiger partial charge in [0.05, 0.1) is 23.0 Å². The van der Waals surface area contributed by atoms with Crippen molar-refractivity contribution in [3.05, 3.63) is 120 Å². The monoisotopic (exact) mass is 642 g/mol. The van der Waals surface area contributed by atoms with Gasteiger partial charge in [-0.3, -0.25) is 4.57 Å². The zero-order chi connectivity index (χ0) is 32.3. The van der Waals surface area contributed by atoms with Crippen LogP contribution in [0.4, 0.5) is 0 Å². The van der Waals surface area contributed by atoms with E-state index in [0.717, 1.165) is 12.6 Å². The van der Waals surface area contributed by atoms with E-state index in [1.807, 2.05) is 0 Å². The second-order valence-corrected chi connectivity index (χ2v) is 12.2. The lowest BCUT2D eigenvalue weighted by Crippen LogP contribution is -2.41. The Morgan fingerprint density at radius 3 is 1.80 bits per heavy atom. The molecule has 1 saturated heterocycles. The number of nitrogens with zero attached hydrogens (tertiary/aromatic N) is 4. The predicted molar refractivity (Wildman–Crippen MR) is 160 cm³/mol. The highest BCUT2D eigenvalue weighted by molar-refractivity contribution is 7.90. The normalized spacial score (nSPS) is 19.4. The van der Waals surface area contributed by atoms with Crippen LogP contribution >= 0.6 is 0 Å². The number of carbonyl (C=O) groups is 3. The summed E-state index contributed by atoms with van der Waals surface area (Å²) in [6.45, 7) is -0.396. The molecule has 3 aromatic carbocycles. The first-order valence-corrected chi connectivity index (χ1v) is 15.9. The lowest BCUT2D eigenvalue weighted by molar-refractivity contribution is -0.0606. The number of imidazole rings is 1. The molecule has 4 atom stereocenters. The fourth-order valence-electron chi connectivity index (χ4n) is 4.97. The molecule has 0 unspecified atom stereocenters. The Labute approximate surface area is 262 Å². The maximum Gasteiger partial charge on any atom is 0.338 e. The van der Waals surface area contributed by atoms with Gasteiger partial charge in [0, 0.05) is 6.26 Å². The predicted octanol–water partition coefficient (Wildman–Crippen LogP) is 3.44. The summed E-state index contributed by atoms with van der Waals surface area (Å²) < 4.78 is 50.0. The zero-order valence-electron chi connectivity index (χ0n) is 24.2. The van der Waals surface area contributed by atoms with Crippen LogP contribution in [0, 0.1) is 0 Å². The Morgan fingerprint density at radius 1 is 0.739 bits per heavy atom. The average molecular weight is 643 g/mol. The van der Waals surface area contributed by atoms with Crippen molar-refractivity contribution >= 4 is 38.9 Å². The van der Waals surface area contributed by atoms with E-state index in [-0.39, 0.29) is 32.9 Å². The molecule has 234 valence electrons. The fourth-order valence-corrected chi connectivity index (χ4v) is 5.70. The summed E-state index contributed by atoms with van der Waals surface area (Å²) in [4.78, 5) is 51.9. The van der Waals surface area contributed by atoms with E-state index < -0.39 is 58.9 Å². The van der Waals surface area contributed by atoms with Gasteiger partial charge in [0.2, 0.25) is 0 Å². The van der Waals surface area contributed by atoms with E-state index in [0.29, 0.717) is 0 Å². The zero-order valence-corrected chi connectivity index (χ0v) is 25.0. The number of aromatic nitrogens is 4. The van der Waals surface area contributed by atoms with Crippen LogP contribution in [-0.2, 0) is 28.8 Å². The molecule has 3 heterocycles. The molecular formula is C32H26N4O9S. The van der Waals surface area contributed by atoms with Gasteiger partial charge < -0.3 is 18.9 Å². The smallest absolute Gasteiger partial charge is 0.338 e. The maximum absolute atomic E-state index is 13.4. The molecule has 0 N–H and O–H groups in total. The Balaban J connectivity index is 1.40. The number of hydrogen-bond donors (Lipinski definition) is 0. The number of carbonyl (C=O) groups excluding carboxylic acids is 3. The number of benzene rings is 3. The SMILES string of the molecule is CS(=O)(=O)c1ncnc2c1ncn2[C@@H]1O[C@H](COC(=O)c2ccccc2)[C@@H](OC(=O)c2ccccc2)[C@H]1OC(=O)c1ccccc1. The Kier molecular flexibility index (Phi) is 8.55. The highest BCUT2D eigenvalue weighted by Crippen LogP contribution is 2.37. The van der Waals surface area contributed by atoms with Gasteiger partial charge >= 0.3 is 17.9 Å². The third-order valence-corrected chi connectivity index (χ3v) is 8.13. The van der Waals surface area contributed by atoms with Crippen molar-refractivity contribution in [1.29, 1.82) is 0 Å². The quantitative estimate of drug-likeness (QED) is 0.131. The van der Waals surface area contributed by atoms with Gasteiger partial charge in [-0.15, -0.1) is 0 Å². The van der Waals surface area contributed by atoms with Crippen LogP contribution in [0.2, 0.25) is 0 Å². The molecule has 0 radical (unpaired) electrons. The van der Waals surface area contributed by atoms with Gasteiger partial charge in [-0.2, -0.15) is 0 Å². The number of esters is 3. The van der Waals surface area contributed by atoms with Crippen molar-refractivity contribution < 1.29 is 41.7 Å². The van der Waals surface area contributed by atoms with Gasteiger partial charge in [0.15, 0.2) is 38.9 Å². The minimum Gasteiger partial charge on any atom is -0.459 e. The molecule has 14 heteroatoms. The molecule has 5 aromatic rings. The summed E-state index contributed by atoms with van der Waals surface area (Å²) in [6, 6.07) is 24.6. The van der Waals surface area contributed by atoms with E-state index in [2.05, 4.69) is 15.0 Å². The number of sulfone groups is 1. The molecule has 46 heavy (non-hydrogen) atoms. The molecule has 0 aliphatic carbocycles. The van der Waals surface area contributed by atoms with Crippen molar-refractivity contribution in [3.63, 3.8) is 0 Å². The molecule has 0 spiro atoms. The summed E-state index contributed by atoms with van der Waals surface area (Å²) in [5.41, 5.74) is 0.727. The average Bonchev–Trinajstić information content (AvgIpc) is 3.65. The summed E-state index contributed by atoms with van der Waals surface area (Å²) in [6.07, 6.45) is -1.74. The van der Waals surface area contributed by atoms with Gasteiger partial charge in [-0.25, -0.2) is 37.8 Å². The third kappa shape index (κ3) is 6.34. The molecule has 13 nitrogen and oxygen atoms in total. The lowest BCUT2D eigenvalue weighted by atomic mass is 10.1. The molecule has 1 fully saturated rings. The van der Waals surface area contributed by atoms with Crippen molar-refractivity contribution in [2.24, 2.45) is 0 Å². The van der Waals surface area contributed by atoms with Gasteiger partial charge in [-0.1, -0.05) is 54.6 Å². The fraction of sp³-hybridized carbons (Fsp3) is 0.188. The summed E-state index contributed by atoms with van der Waals surface area (Å²) >= 11 is 0. The third-order valence-electron chi connectivity index (χ3n) is 7.13. The van der Waals surface area contributed by atoms with E-state index in [1.54, 1.807) is 91.0 Å². The van der Waals surface area contributed by atoms with Crippen molar-refractivity contribution in [1.82, 2.24) is 19.5 Å². The number of fused-ring (bicyclic) bond motifs is 1. The minimum absolute atomic E-state index is 0.0430. The first kappa shape index (κ1) is 30.6. The van der Waals surface area contributed by atoms with Crippen LogP contribution in [0.3, 0.4) is 0 Å². The highest BCUT2D eigenvalue weighted by Gasteiger charge is 2.52. The lowest BCUT2D eigenvalue weighted by Gasteiger charge is -2.25. The second-order valence-electron chi connectivity index (χ2n) is 10.3. The minimum atomic E-state index is -3.80. The topological polar surface area (TPSA) is 166 Å². The van der Waals surface area contributed by atoms with Crippen molar-refractivity contribution in [2.75, 3.05) is 12.9 Å². The van der Waals surface area contributed by atoms with Crippen LogP contribution < -0.4 is 0 Å². The van der Waals surface area contributed by atoms with Crippen LogP contribution in [0.25, 0.3) is 11.2 Å². The standard InChI is InChI=1S/C32H26N4O9S/c1-46(40,41)28-24-27(33-18-34-28)36(19-35-24)29-26(45-32(39)22-15-9-4-10-16-22)25(44-31(38)21-13-7-3-8-14-21)23(43-29)17-42-30(37)20-11-5-2-6-12-20/h2-16,18-19,23,25-26,29H,17H2,1H3/t23-,25-,26-,29-/m1/s1.